The van der Waals surface area contributed by atoms with E-state index in [1.165, 1.54) is 12.1 Å². The molecule has 0 radical (unpaired) electrons. The molecule has 2 aromatic rings. The lowest BCUT2D eigenvalue weighted by Crippen LogP contribution is -2.13. The zero-order valence-corrected chi connectivity index (χ0v) is 10.4. The van der Waals surface area contributed by atoms with Gasteiger partial charge >= 0.3 is 0 Å². The van der Waals surface area contributed by atoms with Crippen LogP contribution >= 0.6 is 11.6 Å². The van der Waals surface area contributed by atoms with Crippen LogP contribution in [0.4, 0.5) is 5.69 Å². The van der Waals surface area contributed by atoms with Gasteiger partial charge in [-0.1, -0.05) is 23.7 Å². The van der Waals surface area contributed by atoms with Crippen LogP contribution < -0.4 is 5.32 Å². The second-order valence-electron chi connectivity index (χ2n) is 3.76. The first-order valence-electron chi connectivity index (χ1n) is 5.30. The fraction of sp³-hybridized carbons (Fsp3) is 0.0769. The van der Waals surface area contributed by atoms with Gasteiger partial charge in [-0.2, -0.15) is 0 Å². The number of amides is 1. The maximum Gasteiger partial charge on any atom is 0.259 e. The van der Waals surface area contributed by atoms with Crippen LogP contribution in [-0.2, 0) is 0 Å². The summed E-state index contributed by atoms with van der Waals surface area (Å²) in [4.78, 5) is 15.9. The number of phenolic OH excluding ortho intramolecular Hbond substituents is 1. The van der Waals surface area contributed by atoms with Crippen molar-refractivity contribution in [1.82, 2.24) is 4.98 Å². The summed E-state index contributed by atoms with van der Waals surface area (Å²) in [5.41, 5.74) is 1.45. The van der Waals surface area contributed by atoms with Gasteiger partial charge < -0.3 is 10.4 Å². The summed E-state index contributed by atoms with van der Waals surface area (Å²) >= 11 is 5.91. The fourth-order valence-corrected chi connectivity index (χ4v) is 1.77. The summed E-state index contributed by atoms with van der Waals surface area (Å²) in [6, 6.07) is 8.05. The van der Waals surface area contributed by atoms with E-state index in [0.717, 1.165) is 5.56 Å². The number of anilines is 1. The van der Waals surface area contributed by atoms with Crippen molar-refractivity contribution in [2.24, 2.45) is 0 Å². The van der Waals surface area contributed by atoms with Gasteiger partial charge in [0.2, 0.25) is 0 Å². The minimum Gasteiger partial charge on any atom is -0.507 e. The van der Waals surface area contributed by atoms with Gasteiger partial charge in [0, 0.05) is 6.20 Å². The predicted molar refractivity (Wildman–Crippen MR) is 70.0 cm³/mol. The van der Waals surface area contributed by atoms with E-state index in [9.17, 15) is 9.90 Å². The Labute approximate surface area is 109 Å². The van der Waals surface area contributed by atoms with Crippen molar-refractivity contribution in [1.29, 1.82) is 0 Å². The Morgan fingerprint density at radius 1 is 1.33 bits per heavy atom. The average Bonchev–Trinajstić information content (AvgIpc) is 2.34. The normalized spacial score (nSPS) is 10.1. The molecule has 0 atom stereocenters. The lowest BCUT2D eigenvalue weighted by atomic mass is 10.1. The number of hydrogen-bond acceptors (Lipinski definition) is 3. The first-order valence-corrected chi connectivity index (χ1v) is 5.68. The van der Waals surface area contributed by atoms with Crippen LogP contribution in [0.3, 0.4) is 0 Å². The third-order valence-electron chi connectivity index (χ3n) is 2.50. The molecule has 0 unspecified atom stereocenters. The second-order valence-corrected chi connectivity index (χ2v) is 4.12. The highest BCUT2D eigenvalue weighted by Crippen LogP contribution is 2.24. The third kappa shape index (κ3) is 2.43. The molecule has 0 aliphatic heterocycles. The minimum atomic E-state index is -0.425. The first-order chi connectivity index (χ1) is 8.59. The standard InChI is InChI=1S/C13H11ClN2O2/c1-8-6-7-15-12(14)11(8)16-13(18)9-4-2-3-5-10(9)17/h2-7,17H,1H3,(H,16,18). The highest BCUT2D eigenvalue weighted by molar-refractivity contribution is 6.32. The summed E-state index contributed by atoms with van der Waals surface area (Å²) in [5, 5.41) is 12.5. The van der Waals surface area contributed by atoms with E-state index < -0.39 is 5.91 Å². The van der Waals surface area contributed by atoms with Gasteiger partial charge in [0.1, 0.15) is 5.75 Å². The number of carbonyl (C=O) groups is 1. The molecule has 0 spiro atoms. The van der Waals surface area contributed by atoms with E-state index in [0.29, 0.717) is 5.69 Å². The van der Waals surface area contributed by atoms with Crippen LogP contribution in [0, 0.1) is 6.92 Å². The van der Waals surface area contributed by atoms with Gasteiger partial charge in [-0.05, 0) is 30.7 Å². The largest absolute Gasteiger partial charge is 0.507 e. The molecule has 2 rings (SSSR count). The molecule has 1 heterocycles. The SMILES string of the molecule is Cc1ccnc(Cl)c1NC(=O)c1ccccc1O. The highest BCUT2D eigenvalue weighted by atomic mass is 35.5. The minimum absolute atomic E-state index is 0.0762. The molecule has 1 amide bonds. The molecule has 92 valence electrons. The number of hydrogen-bond donors (Lipinski definition) is 2. The summed E-state index contributed by atoms with van der Waals surface area (Å²) in [7, 11) is 0. The van der Waals surface area contributed by atoms with Crippen molar-refractivity contribution in [2.45, 2.75) is 6.92 Å². The summed E-state index contributed by atoms with van der Waals surface area (Å²) in [5.74, 6) is -0.501. The van der Waals surface area contributed by atoms with Gasteiger partial charge in [-0.25, -0.2) is 4.98 Å². The summed E-state index contributed by atoms with van der Waals surface area (Å²) < 4.78 is 0. The Bertz CT molecular complexity index is 579. The topological polar surface area (TPSA) is 62.2 Å². The molecular weight excluding hydrogens is 252 g/mol. The lowest BCUT2D eigenvalue weighted by molar-refractivity contribution is 0.102. The maximum atomic E-state index is 12.0. The molecule has 18 heavy (non-hydrogen) atoms. The molecule has 0 fully saturated rings. The van der Waals surface area contributed by atoms with Crippen LogP contribution in [0.25, 0.3) is 0 Å². The van der Waals surface area contributed by atoms with Gasteiger partial charge in [-0.3, -0.25) is 4.79 Å². The number of nitrogens with zero attached hydrogens (tertiary/aromatic N) is 1. The van der Waals surface area contributed by atoms with Crippen molar-refractivity contribution < 1.29 is 9.90 Å². The Morgan fingerprint density at radius 3 is 2.72 bits per heavy atom. The van der Waals surface area contributed by atoms with Crippen molar-refractivity contribution in [3.05, 3.63) is 52.8 Å². The van der Waals surface area contributed by atoms with Gasteiger partial charge in [-0.15, -0.1) is 0 Å². The second kappa shape index (κ2) is 5.06. The van der Waals surface area contributed by atoms with E-state index in [4.69, 9.17) is 11.6 Å². The van der Waals surface area contributed by atoms with E-state index in [1.54, 1.807) is 24.4 Å². The summed E-state index contributed by atoms with van der Waals surface area (Å²) in [6.45, 7) is 1.81. The lowest BCUT2D eigenvalue weighted by Gasteiger charge is -2.10. The predicted octanol–water partition coefficient (Wildman–Crippen LogP) is 3.00. The van der Waals surface area contributed by atoms with E-state index in [1.807, 2.05) is 6.92 Å². The van der Waals surface area contributed by atoms with Crippen LogP contribution in [0.2, 0.25) is 5.15 Å². The zero-order valence-electron chi connectivity index (χ0n) is 9.64. The molecule has 0 bridgehead atoms. The van der Waals surface area contributed by atoms with E-state index >= 15 is 0 Å². The van der Waals surface area contributed by atoms with Crippen molar-refractivity contribution in [3.63, 3.8) is 0 Å². The smallest absolute Gasteiger partial charge is 0.259 e. The fourth-order valence-electron chi connectivity index (χ4n) is 1.52. The Hall–Kier alpha value is -2.07. The van der Waals surface area contributed by atoms with E-state index in [2.05, 4.69) is 10.3 Å². The average molecular weight is 263 g/mol. The molecule has 0 aliphatic carbocycles. The monoisotopic (exact) mass is 262 g/mol. The van der Waals surface area contributed by atoms with Crippen molar-refractivity contribution in [3.8, 4) is 5.75 Å². The maximum absolute atomic E-state index is 12.0. The van der Waals surface area contributed by atoms with Gasteiger partial charge in [0.05, 0.1) is 11.3 Å². The van der Waals surface area contributed by atoms with Crippen molar-refractivity contribution >= 4 is 23.2 Å². The molecule has 0 aliphatic rings. The number of para-hydroxylation sites is 1. The van der Waals surface area contributed by atoms with Gasteiger partial charge in [0.15, 0.2) is 5.15 Å². The number of rotatable bonds is 2. The number of aromatic nitrogens is 1. The van der Waals surface area contributed by atoms with Crippen LogP contribution in [0.15, 0.2) is 36.5 Å². The number of phenols is 1. The van der Waals surface area contributed by atoms with Crippen LogP contribution in [0.5, 0.6) is 5.75 Å². The Kier molecular flexibility index (Phi) is 3.48. The van der Waals surface area contributed by atoms with Crippen LogP contribution in [0.1, 0.15) is 15.9 Å². The number of carbonyl (C=O) groups excluding carboxylic acids is 1. The molecule has 0 saturated heterocycles. The molecule has 0 saturated carbocycles. The number of aryl methyl sites for hydroxylation is 1. The molecule has 2 N–H and O–H groups in total. The number of halogens is 1. The number of benzene rings is 1. The quantitative estimate of drug-likeness (QED) is 0.818. The van der Waals surface area contributed by atoms with Crippen LogP contribution in [-0.4, -0.2) is 16.0 Å². The zero-order chi connectivity index (χ0) is 13.1. The Balaban J connectivity index is 2.30. The van der Waals surface area contributed by atoms with Gasteiger partial charge in [0.25, 0.3) is 5.91 Å². The number of nitrogens with one attached hydrogen (secondary N) is 1. The number of pyridine rings is 1. The number of aromatic hydroxyl groups is 1. The molecular formula is C13H11ClN2O2. The molecule has 4 nitrogen and oxygen atoms in total. The summed E-state index contributed by atoms with van der Waals surface area (Å²) in [6.07, 6.45) is 1.56. The first kappa shape index (κ1) is 12.4. The third-order valence-corrected chi connectivity index (χ3v) is 2.79. The molecule has 1 aromatic heterocycles. The van der Waals surface area contributed by atoms with E-state index in [-0.39, 0.29) is 16.5 Å². The molecule has 5 heteroatoms. The molecule has 1 aromatic carbocycles. The highest BCUT2D eigenvalue weighted by Gasteiger charge is 2.13. The Morgan fingerprint density at radius 2 is 2.06 bits per heavy atom. The van der Waals surface area contributed by atoms with Crippen molar-refractivity contribution in [2.75, 3.05) is 5.32 Å².